The van der Waals surface area contributed by atoms with Gasteiger partial charge in [0.15, 0.2) is 0 Å². The van der Waals surface area contributed by atoms with Gasteiger partial charge >= 0.3 is 11.7 Å². The molecule has 0 heterocycles. The molecule has 0 aliphatic carbocycles. The number of hydrogen-bond donors (Lipinski definition) is 1. The Morgan fingerprint density at radius 2 is 1.61 bits per heavy atom. The van der Waals surface area contributed by atoms with Gasteiger partial charge in [-0.1, -0.05) is 18.2 Å². The van der Waals surface area contributed by atoms with Gasteiger partial charge in [-0.15, -0.1) is 0 Å². The van der Waals surface area contributed by atoms with Gasteiger partial charge in [-0.25, -0.2) is 0 Å². The minimum absolute atomic E-state index is 0.155. The van der Waals surface area contributed by atoms with Gasteiger partial charge in [0.2, 0.25) is 0 Å². The molecule has 0 bridgehead atoms. The number of rotatable bonds is 3. The molecule has 1 aromatic rings. The Kier molecular flexibility index (Phi) is 4.55. The van der Waals surface area contributed by atoms with Gasteiger partial charge in [-0.2, -0.15) is 26.3 Å². The smallest absolute Gasteiger partial charge is 0.324 e. The van der Waals surface area contributed by atoms with E-state index < -0.39 is 35.9 Å². The zero-order chi connectivity index (χ0) is 14.0. The van der Waals surface area contributed by atoms with Crippen molar-refractivity contribution in [3.05, 3.63) is 29.8 Å². The molecule has 0 radical (unpaired) electrons. The summed E-state index contributed by atoms with van der Waals surface area (Å²) < 4.78 is 73.1. The summed E-state index contributed by atoms with van der Waals surface area (Å²) in [5.41, 5.74) is 0.583. The SMILES string of the molecule is N[C@H](CC(F)(F)F)c1ccccc1SC(F)(F)F. The van der Waals surface area contributed by atoms with Gasteiger partial charge in [-0.3, -0.25) is 0 Å². The third kappa shape index (κ3) is 5.18. The van der Waals surface area contributed by atoms with E-state index in [0.717, 1.165) is 6.07 Å². The van der Waals surface area contributed by atoms with Crippen molar-refractivity contribution in [2.75, 3.05) is 0 Å². The van der Waals surface area contributed by atoms with Crippen molar-refractivity contribution in [2.45, 2.75) is 29.0 Å². The summed E-state index contributed by atoms with van der Waals surface area (Å²) in [5.74, 6) is 0. The van der Waals surface area contributed by atoms with Crippen molar-refractivity contribution in [3.8, 4) is 0 Å². The third-order valence-corrected chi connectivity index (χ3v) is 2.82. The molecule has 18 heavy (non-hydrogen) atoms. The molecule has 1 nitrogen and oxygen atoms in total. The van der Waals surface area contributed by atoms with E-state index >= 15 is 0 Å². The lowest BCUT2D eigenvalue weighted by atomic mass is 10.0. The van der Waals surface area contributed by atoms with E-state index in [9.17, 15) is 26.3 Å². The highest BCUT2D eigenvalue weighted by atomic mass is 32.2. The van der Waals surface area contributed by atoms with Gasteiger partial charge in [-0.05, 0) is 23.4 Å². The van der Waals surface area contributed by atoms with E-state index in [2.05, 4.69) is 0 Å². The molecule has 2 N–H and O–H groups in total. The Labute approximate surface area is 103 Å². The number of alkyl halides is 6. The molecule has 0 spiro atoms. The van der Waals surface area contributed by atoms with Crippen LogP contribution in [0.2, 0.25) is 0 Å². The van der Waals surface area contributed by atoms with Crippen LogP contribution in [0.5, 0.6) is 0 Å². The van der Waals surface area contributed by atoms with E-state index in [-0.39, 0.29) is 10.5 Å². The summed E-state index contributed by atoms with van der Waals surface area (Å²) in [4.78, 5) is -0.304. The number of nitrogens with two attached hydrogens (primary N) is 1. The van der Waals surface area contributed by atoms with Crippen LogP contribution in [0.4, 0.5) is 26.3 Å². The molecule has 102 valence electrons. The normalized spacial score (nSPS) is 14.6. The Morgan fingerprint density at radius 3 is 2.11 bits per heavy atom. The number of benzene rings is 1. The average Bonchev–Trinajstić information content (AvgIpc) is 2.12. The molecule has 0 aliphatic rings. The van der Waals surface area contributed by atoms with E-state index in [0.29, 0.717) is 0 Å². The van der Waals surface area contributed by atoms with Crippen molar-refractivity contribution in [2.24, 2.45) is 5.73 Å². The molecule has 0 aromatic heterocycles. The topological polar surface area (TPSA) is 26.0 Å². The van der Waals surface area contributed by atoms with Gasteiger partial charge in [0.05, 0.1) is 6.42 Å². The molecule has 0 fully saturated rings. The fourth-order valence-electron chi connectivity index (χ4n) is 1.36. The summed E-state index contributed by atoms with van der Waals surface area (Å²) >= 11 is -0.466. The van der Waals surface area contributed by atoms with Crippen molar-refractivity contribution in [1.29, 1.82) is 0 Å². The van der Waals surface area contributed by atoms with Crippen LogP contribution in [-0.4, -0.2) is 11.7 Å². The summed E-state index contributed by atoms with van der Waals surface area (Å²) in [5, 5.41) is 0. The Hall–Kier alpha value is -0.890. The molecule has 0 saturated carbocycles. The van der Waals surface area contributed by atoms with Crippen LogP contribution in [0.25, 0.3) is 0 Å². The first kappa shape index (κ1) is 15.2. The molecule has 0 unspecified atom stereocenters. The van der Waals surface area contributed by atoms with Gasteiger partial charge in [0.1, 0.15) is 0 Å². The lowest BCUT2D eigenvalue weighted by molar-refractivity contribution is -0.138. The maximum absolute atomic E-state index is 12.2. The first-order chi connectivity index (χ1) is 8.08. The molecule has 1 rings (SSSR count). The second-order valence-electron chi connectivity index (χ2n) is 3.51. The minimum Gasteiger partial charge on any atom is -0.324 e. The summed E-state index contributed by atoms with van der Waals surface area (Å²) in [6.45, 7) is 0. The lowest BCUT2D eigenvalue weighted by Gasteiger charge is -2.18. The van der Waals surface area contributed by atoms with Crippen molar-refractivity contribution in [3.63, 3.8) is 0 Å². The van der Waals surface area contributed by atoms with Crippen LogP contribution in [0.3, 0.4) is 0 Å². The van der Waals surface area contributed by atoms with Crippen molar-refractivity contribution in [1.82, 2.24) is 0 Å². The standard InChI is InChI=1S/C10H9F6NS/c11-9(12,13)5-7(17)6-3-1-2-4-8(6)18-10(14,15)16/h1-4,7H,5,17H2/t7-/m1/s1. The summed E-state index contributed by atoms with van der Waals surface area (Å²) in [6, 6.07) is 3.44. The van der Waals surface area contributed by atoms with Crippen LogP contribution in [0.1, 0.15) is 18.0 Å². The average molecular weight is 289 g/mol. The van der Waals surface area contributed by atoms with Crippen LogP contribution in [0, 0.1) is 0 Å². The highest BCUT2D eigenvalue weighted by Gasteiger charge is 2.34. The predicted molar refractivity (Wildman–Crippen MR) is 56.0 cm³/mol. The van der Waals surface area contributed by atoms with Gasteiger partial charge in [0, 0.05) is 10.9 Å². The molecule has 8 heteroatoms. The van der Waals surface area contributed by atoms with Crippen LogP contribution >= 0.6 is 11.8 Å². The first-order valence-electron chi connectivity index (χ1n) is 4.75. The highest BCUT2D eigenvalue weighted by Crippen LogP contribution is 2.41. The quantitative estimate of drug-likeness (QED) is 0.665. The molecule has 0 amide bonds. The Bertz CT molecular complexity index is 400. The third-order valence-electron chi connectivity index (χ3n) is 2.00. The zero-order valence-corrected chi connectivity index (χ0v) is 9.66. The molecule has 1 aromatic carbocycles. The van der Waals surface area contributed by atoms with Crippen LogP contribution < -0.4 is 5.73 Å². The Morgan fingerprint density at radius 1 is 1.06 bits per heavy atom. The highest BCUT2D eigenvalue weighted by molar-refractivity contribution is 8.00. The molecule has 1 atom stereocenters. The lowest BCUT2D eigenvalue weighted by Crippen LogP contribution is -2.21. The van der Waals surface area contributed by atoms with Gasteiger partial charge < -0.3 is 5.73 Å². The van der Waals surface area contributed by atoms with Crippen LogP contribution in [-0.2, 0) is 0 Å². The second-order valence-corrected chi connectivity index (χ2v) is 4.62. The number of halogens is 6. The second kappa shape index (κ2) is 5.40. The minimum atomic E-state index is -4.56. The maximum atomic E-state index is 12.2. The number of thioether (sulfide) groups is 1. The van der Waals surface area contributed by atoms with E-state index in [1.54, 1.807) is 0 Å². The number of hydrogen-bond acceptors (Lipinski definition) is 2. The van der Waals surface area contributed by atoms with E-state index in [1.165, 1.54) is 18.2 Å². The van der Waals surface area contributed by atoms with Crippen molar-refractivity contribution >= 4 is 11.8 Å². The largest absolute Gasteiger partial charge is 0.446 e. The van der Waals surface area contributed by atoms with E-state index in [4.69, 9.17) is 5.73 Å². The van der Waals surface area contributed by atoms with E-state index in [1.807, 2.05) is 0 Å². The van der Waals surface area contributed by atoms with Crippen LogP contribution in [0.15, 0.2) is 29.2 Å². The molecule has 0 aliphatic heterocycles. The molecular formula is C10H9F6NS. The zero-order valence-electron chi connectivity index (χ0n) is 8.85. The molecular weight excluding hydrogens is 280 g/mol. The summed E-state index contributed by atoms with van der Waals surface area (Å²) in [7, 11) is 0. The summed E-state index contributed by atoms with van der Waals surface area (Å²) in [6.07, 6.45) is -5.88. The first-order valence-corrected chi connectivity index (χ1v) is 5.57. The van der Waals surface area contributed by atoms with Crippen molar-refractivity contribution < 1.29 is 26.3 Å². The fraction of sp³-hybridized carbons (Fsp3) is 0.400. The fourth-order valence-corrected chi connectivity index (χ4v) is 2.10. The molecule has 0 saturated heterocycles. The monoisotopic (exact) mass is 289 g/mol. The maximum Gasteiger partial charge on any atom is 0.446 e. The predicted octanol–water partition coefficient (Wildman–Crippen LogP) is 4.25. The van der Waals surface area contributed by atoms with Gasteiger partial charge in [0.25, 0.3) is 0 Å². The Balaban J connectivity index is 2.95.